The van der Waals surface area contributed by atoms with E-state index in [1.54, 1.807) is 0 Å². The first kappa shape index (κ1) is 34.7. The summed E-state index contributed by atoms with van der Waals surface area (Å²) in [6, 6.07) is 0. The topological polar surface area (TPSA) is 204 Å². The normalized spacial score (nSPS) is 14.2. The van der Waals surface area contributed by atoms with E-state index < -0.39 is 60.4 Å². The second kappa shape index (κ2) is 18.1. The fourth-order valence-corrected chi connectivity index (χ4v) is 3.12. The number of carbonyl (C=O) groups is 6. The van der Waals surface area contributed by atoms with Crippen molar-refractivity contribution in [1.29, 1.82) is 0 Å². The fourth-order valence-electron chi connectivity index (χ4n) is 3.12. The monoisotopic (exact) mass is 548 g/mol. The SMILES string of the molecule is CC(=O)O[C@H](C(=O)NC(CC(C)C)OCCC(=O)O)[C@H](OC(C)=O)C(=O)NC(CC(C)C)OCCC(=O)O. The molecule has 0 aromatic carbocycles. The molecule has 4 N–H and O–H groups in total. The zero-order valence-electron chi connectivity index (χ0n) is 22.7. The Bertz CT molecular complexity index is 748. The minimum atomic E-state index is -1.92. The summed E-state index contributed by atoms with van der Waals surface area (Å²) in [6.45, 7) is 8.88. The highest BCUT2D eigenvalue weighted by molar-refractivity contribution is 5.93. The zero-order valence-corrected chi connectivity index (χ0v) is 22.7. The molecule has 218 valence electrons. The van der Waals surface area contributed by atoms with Gasteiger partial charge in [-0.05, 0) is 24.7 Å². The summed E-state index contributed by atoms with van der Waals surface area (Å²) >= 11 is 0. The lowest BCUT2D eigenvalue weighted by Crippen LogP contribution is -2.56. The van der Waals surface area contributed by atoms with E-state index in [0.29, 0.717) is 0 Å². The minimum absolute atomic E-state index is 0.00427. The van der Waals surface area contributed by atoms with E-state index in [2.05, 4.69) is 10.6 Å². The predicted octanol–water partition coefficient (Wildman–Crippen LogP) is 0.809. The van der Waals surface area contributed by atoms with Gasteiger partial charge in [0.05, 0.1) is 26.1 Å². The predicted molar refractivity (Wildman–Crippen MR) is 130 cm³/mol. The third-order valence-corrected chi connectivity index (χ3v) is 4.63. The average molecular weight is 549 g/mol. The zero-order chi connectivity index (χ0) is 29.4. The number of hydrogen-bond donors (Lipinski definition) is 4. The number of amides is 2. The lowest BCUT2D eigenvalue weighted by molar-refractivity contribution is -0.177. The number of rotatable bonds is 19. The van der Waals surface area contributed by atoms with Crippen molar-refractivity contribution in [1.82, 2.24) is 10.6 Å². The molecule has 0 fully saturated rings. The summed E-state index contributed by atoms with van der Waals surface area (Å²) in [5, 5.41) is 22.6. The van der Waals surface area contributed by atoms with E-state index in [4.69, 9.17) is 29.2 Å². The Balaban J connectivity index is 5.90. The molecule has 14 nitrogen and oxygen atoms in total. The molecule has 2 unspecified atom stereocenters. The summed E-state index contributed by atoms with van der Waals surface area (Å²) in [4.78, 5) is 71.6. The van der Waals surface area contributed by atoms with Crippen LogP contribution in [0.2, 0.25) is 0 Å². The first-order chi connectivity index (χ1) is 17.6. The van der Waals surface area contributed by atoms with Crippen LogP contribution < -0.4 is 10.6 Å². The van der Waals surface area contributed by atoms with Crippen LogP contribution >= 0.6 is 0 Å². The summed E-state index contributed by atoms with van der Waals surface area (Å²) < 4.78 is 21.0. The highest BCUT2D eigenvalue weighted by atomic mass is 16.6. The highest BCUT2D eigenvalue weighted by Gasteiger charge is 2.41. The number of aliphatic carboxylic acids is 2. The Hall–Kier alpha value is -3.26. The van der Waals surface area contributed by atoms with Gasteiger partial charge in [0.2, 0.25) is 12.2 Å². The lowest BCUT2D eigenvalue weighted by Gasteiger charge is -2.29. The van der Waals surface area contributed by atoms with Crippen LogP contribution in [-0.4, -0.2) is 83.8 Å². The number of hydrogen-bond acceptors (Lipinski definition) is 10. The molecule has 0 bridgehead atoms. The van der Waals surface area contributed by atoms with Crippen LogP contribution in [0.3, 0.4) is 0 Å². The van der Waals surface area contributed by atoms with Crippen molar-refractivity contribution >= 4 is 35.7 Å². The van der Waals surface area contributed by atoms with Gasteiger partial charge in [0.15, 0.2) is 0 Å². The Kier molecular flexibility index (Phi) is 16.5. The Morgan fingerprint density at radius 1 is 0.632 bits per heavy atom. The number of carboxylic acid groups (broad SMARTS) is 2. The largest absolute Gasteiger partial charge is 0.481 e. The molecule has 0 rings (SSSR count). The van der Waals surface area contributed by atoms with E-state index in [1.165, 1.54) is 0 Å². The van der Waals surface area contributed by atoms with Crippen molar-refractivity contribution in [3.63, 3.8) is 0 Å². The van der Waals surface area contributed by atoms with Crippen molar-refractivity contribution in [2.24, 2.45) is 11.8 Å². The molecule has 0 aliphatic heterocycles. The quantitative estimate of drug-likeness (QED) is 0.131. The molecule has 0 aliphatic carbocycles. The third kappa shape index (κ3) is 16.5. The van der Waals surface area contributed by atoms with Gasteiger partial charge in [0.1, 0.15) is 12.5 Å². The molecule has 0 aromatic heterocycles. The van der Waals surface area contributed by atoms with E-state index in [1.807, 2.05) is 27.7 Å². The van der Waals surface area contributed by atoms with Crippen molar-refractivity contribution < 1.29 is 57.9 Å². The number of esters is 2. The van der Waals surface area contributed by atoms with Crippen molar-refractivity contribution in [2.45, 2.75) is 91.9 Å². The summed E-state index contributed by atoms with van der Waals surface area (Å²) in [5.74, 6) is -6.13. The Labute approximate surface area is 221 Å². The standard InChI is InChI=1S/C24H40N2O12/c1-13(2)11-17(35-9-7-19(29)30)25-23(33)21(37-15(5)27)22(38-16(6)28)24(34)26-18(12-14(3)4)36-10-8-20(31)32/h13-14,17-18,21-22H,7-12H2,1-6H3,(H,25,33)(H,26,34)(H,29,30)(H,31,32)/t17?,18?,21-,22-/m0/s1. The molecule has 0 saturated carbocycles. The first-order valence-corrected chi connectivity index (χ1v) is 12.2. The van der Waals surface area contributed by atoms with Crippen LogP contribution in [0.1, 0.15) is 67.2 Å². The fraction of sp³-hybridized carbons (Fsp3) is 0.750. The maximum atomic E-state index is 13.2. The Morgan fingerprint density at radius 2 is 0.947 bits per heavy atom. The van der Waals surface area contributed by atoms with Gasteiger partial charge < -0.3 is 39.8 Å². The second-order valence-corrected chi connectivity index (χ2v) is 9.34. The molecule has 0 heterocycles. The molecule has 0 spiro atoms. The molecular weight excluding hydrogens is 508 g/mol. The van der Waals surface area contributed by atoms with Crippen LogP contribution in [0, 0.1) is 11.8 Å². The highest BCUT2D eigenvalue weighted by Crippen LogP contribution is 2.13. The van der Waals surface area contributed by atoms with Crippen LogP contribution in [0.4, 0.5) is 0 Å². The lowest BCUT2D eigenvalue weighted by atomic mass is 10.1. The van der Waals surface area contributed by atoms with Crippen LogP contribution in [0.25, 0.3) is 0 Å². The van der Waals surface area contributed by atoms with E-state index in [0.717, 1.165) is 13.8 Å². The molecule has 38 heavy (non-hydrogen) atoms. The molecular formula is C24H40N2O12. The van der Waals surface area contributed by atoms with Gasteiger partial charge in [-0.1, -0.05) is 27.7 Å². The van der Waals surface area contributed by atoms with Gasteiger partial charge in [0.25, 0.3) is 11.8 Å². The van der Waals surface area contributed by atoms with E-state index >= 15 is 0 Å². The number of nitrogens with one attached hydrogen (secondary N) is 2. The van der Waals surface area contributed by atoms with Crippen molar-refractivity contribution in [2.75, 3.05) is 13.2 Å². The minimum Gasteiger partial charge on any atom is -0.481 e. The van der Waals surface area contributed by atoms with Crippen molar-refractivity contribution in [3.05, 3.63) is 0 Å². The maximum absolute atomic E-state index is 13.2. The third-order valence-electron chi connectivity index (χ3n) is 4.63. The van der Waals surface area contributed by atoms with Gasteiger partial charge >= 0.3 is 23.9 Å². The molecule has 0 aliphatic rings. The number of carbonyl (C=O) groups excluding carboxylic acids is 4. The van der Waals surface area contributed by atoms with Crippen molar-refractivity contribution in [3.8, 4) is 0 Å². The smallest absolute Gasteiger partial charge is 0.305 e. The summed E-state index contributed by atoms with van der Waals surface area (Å²) in [6.07, 6.45) is -5.96. The van der Waals surface area contributed by atoms with Crippen LogP contribution in [-0.2, 0) is 47.7 Å². The molecule has 0 saturated heterocycles. The average Bonchev–Trinajstić information content (AvgIpc) is 2.74. The summed E-state index contributed by atoms with van der Waals surface area (Å²) in [7, 11) is 0. The van der Waals surface area contributed by atoms with E-state index in [-0.39, 0.29) is 50.7 Å². The van der Waals surface area contributed by atoms with Gasteiger partial charge in [-0.25, -0.2) is 0 Å². The molecule has 0 radical (unpaired) electrons. The maximum Gasteiger partial charge on any atom is 0.305 e. The molecule has 0 aromatic rings. The molecule has 4 atom stereocenters. The van der Waals surface area contributed by atoms with E-state index in [9.17, 15) is 28.8 Å². The number of ether oxygens (including phenoxy) is 4. The second-order valence-electron chi connectivity index (χ2n) is 9.34. The van der Waals surface area contributed by atoms with Crippen LogP contribution in [0.5, 0.6) is 0 Å². The first-order valence-electron chi connectivity index (χ1n) is 12.2. The molecule has 2 amide bonds. The summed E-state index contributed by atoms with van der Waals surface area (Å²) in [5.41, 5.74) is 0. The number of carboxylic acids is 2. The molecule has 14 heteroatoms. The van der Waals surface area contributed by atoms with Gasteiger partial charge in [-0.3, -0.25) is 28.8 Å². The van der Waals surface area contributed by atoms with Gasteiger partial charge in [-0.15, -0.1) is 0 Å². The Morgan fingerprint density at radius 3 is 1.18 bits per heavy atom. The van der Waals surface area contributed by atoms with Gasteiger partial charge in [-0.2, -0.15) is 0 Å². The van der Waals surface area contributed by atoms with Gasteiger partial charge in [0, 0.05) is 13.8 Å². The van der Waals surface area contributed by atoms with Crippen LogP contribution in [0.15, 0.2) is 0 Å².